The van der Waals surface area contributed by atoms with Gasteiger partial charge in [-0.3, -0.25) is 4.79 Å². The molecule has 24 heavy (non-hydrogen) atoms. The van der Waals surface area contributed by atoms with Gasteiger partial charge in [0, 0.05) is 12.1 Å². The second-order valence-corrected chi connectivity index (χ2v) is 5.68. The minimum atomic E-state index is -0.425. The zero-order valence-electron chi connectivity index (χ0n) is 13.0. The van der Waals surface area contributed by atoms with Gasteiger partial charge in [0.25, 0.3) is 5.56 Å². The Balaban J connectivity index is 1.78. The molecule has 0 bridgehead atoms. The van der Waals surface area contributed by atoms with Gasteiger partial charge in [-0.15, -0.1) is 0 Å². The van der Waals surface area contributed by atoms with Crippen LogP contribution in [0.4, 0.5) is 5.69 Å². The quantitative estimate of drug-likeness (QED) is 0.732. The topological polar surface area (TPSA) is 67.0 Å². The third-order valence-electron chi connectivity index (χ3n) is 3.49. The number of rotatable bonds is 5. The summed E-state index contributed by atoms with van der Waals surface area (Å²) >= 11 is 5.97. The molecule has 3 rings (SSSR count). The van der Waals surface area contributed by atoms with E-state index >= 15 is 0 Å². The monoisotopic (exact) mass is 341 g/mol. The number of nitrogens with zero attached hydrogens (tertiary/aromatic N) is 1. The molecule has 0 amide bonds. The van der Waals surface area contributed by atoms with E-state index in [4.69, 9.17) is 16.3 Å². The van der Waals surface area contributed by atoms with Crippen LogP contribution in [0.25, 0.3) is 0 Å². The number of aromatic nitrogens is 2. The maximum atomic E-state index is 11.5. The third kappa shape index (κ3) is 3.75. The van der Waals surface area contributed by atoms with Crippen molar-refractivity contribution in [2.24, 2.45) is 0 Å². The number of anilines is 1. The smallest absolute Gasteiger partial charge is 0.285 e. The minimum absolute atomic E-state index is 0.0851. The lowest BCUT2D eigenvalue weighted by molar-refractivity contribution is 0.477. The van der Waals surface area contributed by atoms with Crippen LogP contribution >= 0.6 is 11.6 Å². The number of para-hydroxylation sites is 1. The Morgan fingerprint density at radius 3 is 2.71 bits per heavy atom. The van der Waals surface area contributed by atoms with E-state index < -0.39 is 5.56 Å². The van der Waals surface area contributed by atoms with Gasteiger partial charge in [-0.05, 0) is 25.1 Å². The number of hydrogen-bond acceptors (Lipinski definition) is 4. The van der Waals surface area contributed by atoms with Crippen LogP contribution in [0.3, 0.4) is 0 Å². The van der Waals surface area contributed by atoms with Gasteiger partial charge in [0.1, 0.15) is 16.5 Å². The molecule has 0 aliphatic rings. The van der Waals surface area contributed by atoms with Gasteiger partial charge in [-0.2, -0.15) is 5.10 Å². The highest BCUT2D eigenvalue weighted by molar-refractivity contribution is 6.32. The fourth-order valence-electron chi connectivity index (χ4n) is 2.18. The van der Waals surface area contributed by atoms with E-state index in [0.717, 1.165) is 17.1 Å². The summed E-state index contributed by atoms with van der Waals surface area (Å²) in [5.41, 5.74) is 2.17. The summed E-state index contributed by atoms with van der Waals surface area (Å²) in [6.45, 7) is 2.48. The van der Waals surface area contributed by atoms with Gasteiger partial charge < -0.3 is 10.1 Å². The summed E-state index contributed by atoms with van der Waals surface area (Å²) in [4.78, 5) is 11.5. The largest absolute Gasteiger partial charge is 0.457 e. The number of halogens is 1. The van der Waals surface area contributed by atoms with Crippen LogP contribution in [0, 0.1) is 6.92 Å². The van der Waals surface area contributed by atoms with Crippen molar-refractivity contribution in [2.75, 3.05) is 5.32 Å². The van der Waals surface area contributed by atoms with Gasteiger partial charge in [0.2, 0.25) is 0 Å². The Hall–Kier alpha value is -2.79. The Morgan fingerprint density at radius 2 is 1.92 bits per heavy atom. The predicted molar refractivity (Wildman–Crippen MR) is 94.9 cm³/mol. The van der Waals surface area contributed by atoms with Crippen LogP contribution in [0.5, 0.6) is 11.5 Å². The molecule has 0 saturated heterocycles. The summed E-state index contributed by atoms with van der Waals surface area (Å²) in [5.74, 6) is 1.51. The molecule has 0 radical (unpaired) electrons. The molecule has 5 nitrogen and oxygen atoms in total. The van der Waals surface area contributed by atoms with E-state index in [-0.39, 0.29) is 5.02 Å². The van der Waals surface area contributed by atoms with Gasteiger partial charge in [0.05, 0.1) is 11.9 Å². The van der Waals surface area contributed by atoms with E-state index in [1.54, 1.807) is 0 Å². The first-order valence-corrected chi connectivity index (χ1v) is 7.81. The van der Waals surface area contributed by atoms with Crippen LogP contribution in [0.1, 0.15) is 11.1 Å². The molecule has 0 saturated carbocycles. The number of H-pyrrole nitrogens is 1. The van der Waals surface area contributed by atoms with Crippen molar-refractivity contribution in [3.05, 3.63) is 81.2 Å². The van der Waals surface area contributed by atoms with Crippen molar-refractivity contribution in [3.63, 3.8) is 0 Å². The Kier molecular flexibility index (Phi) is 4.82. The summed E-state index contributed by atoms with van der Waals surface area (Å²) < 4.78 is 5.95. The van der Waals surface area contributed by atoms with E-state index in [9.17, 15) is 4.79 Å². The Labute approximate surface area is 144 Å². The lowest BCUT2D eigenvalue weighted by atomic mass is 10.2. The highest BCUT2D eigenvalue weighted by atomic mass is 35.5. The first-order valence-electron chi connectivity index (χ1n) is 7.43. The van der Waals surface area contributed by atoms with E-state index in [1.807, 2.05) is 55.5 Å². The van der Waals surface area contributed by atoms with Gasteiger partial charge in [-0.25, -0.2) is 5.10 Å². The second kappa shape index (κ2) is 7.19. The molecule has 6 heteroatoms. The van der Waals surface area contributed by atoms with Gasteiger partial charge in [-0.1, -0.05) is 47.5 Å². The van der Waals surface area contributed by atoms with Crippen LogP contribution in [-0.4, -0.2) is 10.2 Å². The SMILES string of the molecule is Cc1ccc(Oc2ccccc2CNc2cn[nH]c(=O)c2Cl)cc1. The average Bonchev–Trinajstić information content (AvgIpc) is 2.59. The zero-order chi connectivity index (χ0) is 16.9. The molecule has 0 aliphatic heterocycles. The number of aromatic amines is 1. The van der Waals surface area contributed by atoms with E-state index in [1.165, 1.54) is 11.8 Å². The molecule has 1 aromatic heterocycles. The van der Waals surface area contributed by atoms with Crippen molar-refractivity contribution >= 4 is 17.3 Å². The van der Waals surface area contributed by atoms with Crippen LogP contribution in [0.2, 0.25) is 5.02 Å². The molecule has 0 atom stereocenters. The van der Waals surface area contributed by atoms with Crippen LogP contribution in [-0.2, 0) is 6.54 Å². The summed E-state index contributed by atoms with van der Waals surface area (Å²) in [6.07, 6.45) is 1.48. The number of hydrogen-bond donors (Lipinski definition) is 2. The highest BCUT2D eigenvalue weighted by Gasteiger charge is 2.08. The molecule has 3 aromatic rings. The molecule has 1 heterocycles. The molecule has 0 fully saturated rings. The highest BCUT2D eigenvalue weighted by Crippen LogP contribution is 2.26. The molecular formula is C18H16ClN3O2. The molecule has 0 aliphatic carbocycles. The Morgan fingerprint density at radius 1 is 1.17 bits per heavy atom. The predicted octanol–water partition coefficient (Wildman–Crippen LogP) is 4.14. The number of benzene rings is 2. The maximum absolute atomic E-state index is 11.5. The van der Waals surface area contributed by atoms with Crippen LogP contribution in [0.15, 0.2) is 59.5 Å². The first-order chi connectivity index (χ1) is 11.6. The standard InChI is InChI=1S/C18H16ClN3O2/c1-12-6-8-14(9-7-12)24-16-5-3-2-4-13(16)10-20-15-11-21-22-18(23)17(15)19/h2-9,11H,10H2,1H3,(H2,20,22,23). The lowest BCUT2D eigenvalue weighted by Crippen LogP contribution is -2.12. The maximum Gasteiger partial charge on any atom is 0.285 e. The van der Waals surface area contributed by atoms with Crippen molar-refractivity contribution in [2.45, 2.75) is 13.5 Å². The lowest BCUT2D eigenvalue weighted by Gasteiger charge is -2.13. The fourth-order valence-corrected chi connectivity index (χ4v) is 2.34. The molecule has 2 N–H and O–H groups in total. The number of nitrogens with one attached hydrogen (secondary N) is 2. The van der Waals surface area contributed by atoms with E-state index in [0.29, 0.717) is 12.2 Å². The second-order valence-electron chi connectivity index (χ2n) is 5.30. The molecule has 122 valence electrons. The normalized spacial score (nSPS) is 10.4. The number of aryl methyl sites for hydroxylation is 1. The van der Waals surface area contributed by atoms with Crippen molar-refractivity contribution in [1.29, 1.82) is 0 Å². The number of ether oxygens (including phenoxy) is 1. The van der Waals surface area contributed by atoms with Crippen molar-refractivity contribution in [3.8, 4) is 11.5 Å². The summed E-state index contributed by atoms with van der Waals surface area (Å²) in [5, 5.41) is 9.22. The van der Waals surface area contributed by atoms with Gasteiger partial charge in [0.15, 0.2) is 0 Å². The molecule has 0 spiro atoms. The molecule has 0 unspecified atom stereocenters. The zero-order valence-corrected chi connectivity index (χ0v) is 13.8. The van der Waals surface area contributed by atoms with Crippen molar-refractivity contribution < 1.29 is 4.74 Å². The summed E-state index contributed by atoms with van der Waals surface area (Å²) in [6, 6.07) is 15.5. The van der Waals surface area contributed by atoms with E-state index in [2.05, 4.69) is 15.5 Å². The summed E-state index contributed by atoms with van der Waals surface area (Å²) in [7, 11) is 0. The van der Waals surface area contributed by atoms with Gasteiger partial charge >= 0.3 is 0 Å². The average molecular weight is 342 g/mol. The fraction of sp³-hybridized carbons (Fsp3) is 0.111. The first kappa shape index (κ1) is 16.1. The molecular weight excluding hydrogens is 326 g/mol. The van der Waals surface area contributed by atoms with Crippen LogP contribution < -0.4 is 15.6 Å². The Bertz CT molecular complexity index is 891. The molecule has 2 aromatic carbocycles. The van der Waals surface area contributed by atoms with Crippen molar-refractivity contribution in [1.82, 2.24) is 10.2 Å². The minimum Gasteiger partial charge on any atom is -0.457 e. The third-order valence-corrected chi connectivity index (χ3v) is 3.86.